The van der Waals surface area contributed by atoms with Crippen molar-refractivity contribution in [3.05, 3.63) is 75.1 Å². The molecule has 0 spiro atoms. The van der Waals surface area contributed by atoms with Gasteiger partial charge >= 0.3 is 6.18 Å². The summed E-state index contributed by atoms with van der Waals surface area (Å²) < 4.78 is 57.6. The highest BCUT2D eigenvalue weighted by Gasteiger charge is 2.38. The SMILES string of the molecule is CCc1cc(=O)[nH]c(-c2c(C(F)(F)F)ccc(CC3CC(C(N)=O)CCN3c3cccc(C)n3)c2F)n1. The predicted octanol–water partition coefficient (Wildman–Crippen LogP) is 4.17. The summed E-state index contributed by atoms with van der Waals surface area (Å²) in [7, 11) is 0. The number of hydrogen-bond acceptors (Lipinski definition) is 5. The van der Waals surface area contributed by atoms with Crippen LogP contribution in [0.3, 0.4) is 0 Å². The van der Waals surface area contributed by atoms with E-state index < -0.39 is 52.4 Å². The van der Waals surface area contributed by atoms with Crippen LogP contribution >= 0.6 is 0 Å². The summed E-state index contributed by atoms with van der Waals surface area (Å²) in [5.41, 5.74) is 3.85. The molecule has 1 amide bonds. The number of anilines is 1. The van der Waals surface area contributed by atoms with Crippen LogP contribution in [0.1, 0.15) is 42.3 Å². The van der Waals surface area contributed by atoms with Gasteiger partial charge in [0.2, 0.25) is 5.91 Å². The van der Waals surface area contributed by atoms with Gasteiger partial charge < -0.3 is 15.6 Å². The third-order valence-electron chi connectivity index (χ3n) is 6.66. The van der Waals surface area contributed by atoms with E-state index in [0.717, 1.165) is 23.9 Å². The molecule has 2 aromatic heterocycles. The van der Waals surface area contributed by atoms with Crippen LogP contribution in [0.25, 0.3) is 11.4 Å². The molecule has 3 N–H and O–H groups in total. The van der Waals surface area contributed by atoms with Crippen LogP contribution in [-0.2, 0) is 23.8 Å². The molecule has 1 saturated heterocycles. The number of amides is 1. The molecule has 2 atom stereocenters. The molecule has 7 nitrogen and oxygen atoms in total. The third-order valence-corrected chi connectivity index (χ3v) is 6.66. The molecule has 1 aliphatic heterocycles. The number of halogens is 4. The smallest absolute Gasteiger partial charge is 0.369 e. The van der Waals surface area contributed by atoms with E-state index in [4.69, 9.17) is 5.73 Å². The molecule has 0 bridgehead atoms. The van der Waals surface area contributed by atoms with Gasteiger partial charge in [0.1, 0.15) is 17.5 Å². The van der Waals surface area contributed by atoms with E-state index >= 15 is 4.39 Å². The Kier molecular flexibility index (Phi) is 7.33. The van der Waals surface area contributed by atoms with Gasteiger partial charge in [0.25, 0.3) is 5.56 Å². The lowest BCUT2D eigenvalue weighted by molar-refractivity contribution is -0.137. The molecule has 11 heteroatoms. The Morgan fingerprint density at radius 2 is 1.97 bits per heavy atom. The fraction of sp³-hybridized carbons (Fsp3) is 0.385. The van der Waals surface area contributed by atoms with Crippen molar-refractivity contribution in [2.24, 2.45) is 11.7 Å². The quantitative estimate of drug-likeness (QED) is 0.478. The highest BCUT2D eigenvalue weighted by Crippen LogP contribution is 2.39. The van der Waals surface area contributed by atoms with E-state index in [9.17, 15) is 22.8 Å². The van der Waals surface area contributed by atoms with Crippen molar-refractivity contribution in [1.29, 1.82) is 0 Å². The molecular formula is C26H27F4N5O2. The first kappa shape index (κ1) is 26.3. The summed E-state index contributed by atoms with van der Waals surface area (Å²) >= 11 is 0. The van der Waals surface area contributed by atoms with E-state index in [2.05, 4.69) is 15.0 Å². The average molecular weight is 518 g/mol. The van der Waals surface area contributed by atoms with Crippen molar-refractivity contribution in [1.82, 2.24) is 15.0 Å². The Bertz CT molecular complexity index is 1370. The zero-order valence-corrected chi connectivity index (χ0v) is 20.4. The number of nitrogens with zero attached hydrogens (tertiary/aromatic N) is 3. The van der Waals surface area contributed by atoms with Crippen molar-refractivity contribution >= 4 is 11.7 Å². The van der Waals surface area contributed by atoms with Gasteiger partial charge in [0, 0.05) is 36.0 Å². The van der Waals surface area contributed by atoms with E-state index in [0.29, 0.717) is 25.2 Å². The Morgan fingerprint density at radius 1 is 1.22 bits per heavy atom. The number of H-pyrrole nitrogens is 1. The highest BCUT2D eigenvalue weighted by atomic mass is 19.4. The Balaban J connectivity index is 1.81. The predicted molar refractivity (Wildman–Crippen MR) is 130 cm³/mol. The molecular weight excluding hydrogens is 490 g/mol. The lowest BCUT2D eigenvalue weighted by Crippen LogP contribution is -2.47. The number of piperidine rings is 1. The van der Waals surface area contributed by atoms with Crippen LogP contribution in [-0.4, -0.2) is 33.4 Å². The topological polar surface area (TPSA) is 105 Å². The van der Waals surface area contributed by atoms with Crippen molar-refractivity contribution < 1.29 is 22.4 Å². The van der Waals surface area contributed by atoms with Crippen molar-refractivity contribution in [2.75, 3.05) is 11.4 Å². The lowest BCUT2D eigenvalue weighted by atomic mass is 9.86. The van der Waals surface area contributed by atoms with Gasteiger partial charge in [-0.1, -0.05) is 19.1 Å². The first-order valence-corrected chi connectivity index (χ1v) is 12.0. The molecule has 37 heavy (non-hydrogen) atoms. The summed E-state index contributed by atoms with van der Waals surface area (Å²) in [6, 6.07) is 8.06. The maximum atomic E-state index is 15.9. The van der Waals surface area contributed by atoms with Crippen LogP contribution in [0.4, 0.5) is 23.4 Å². The second-order valence-corrected chi connectivity index (χ2v) is 9.21. The van der Waals surface area contributed by atoms with E-state index in [1.165, 1.54) is 0 Å². The number of carbonyl (C=O) groups excluding carboxylic acids is 1. The maximum absolute atomic E-state index is 15.9. The van der Waals surface area contributed by atoms with Gasteiger partial charge in [-0.3, -0.25) is 9.59 Å². The number of rotatable bonds is 6. The highest BCUT2D eigenvalue weighted by molar-refractivity contribution is 5.77. The molecule has 196 valence electrons. The Labute approximate surface area is 210 Å². The first-order valence-electron chi connectivity index (χ1n) is 12.0. The van der Waals surface area contributed by atoms with Crippen molar-refractivity contribution in [2.45, 2.75) is 51.7 Å². The number of hydrogen-bond donors (Lipinski definition) is 2. The Hall–Kier alpha value is -3.76. The summed E-state index contributed by atoms with van der Waals surface area (Å²) in [5, 5.41) is 0. The molecule has 1 aliphatic rings. The van der Waals surface area contributed by atoms with Crippen molar-refractivity contribution in [3.63, 3.8) is 0 Å². The number of nitrogens with one attached hydrogen (secondary N) is 1. The van der Waals surface area contributed by atoms with Crippen LogP contribution < -0.4 is 16.2 Å². The van der Waals surface area contributed by atoms with Gasteiger partial charge in [-0.2, -0.15) is 13.2 Å². The van der Waals surface area contributed by atoms with Crippen molar-refractivity contribution in [3.8, 4) is 11.4 Å². The number of primary amides is 1. The number of benzene rings is 1. The van der Waals surface area contributed by atoms with E-state index in [1.807, 2.05) is 24.0 Å². The van der Waals surface area contributed by atoms with Gasteiger partial charge in [-0.05, 0) is 56.4 Å². The van der Waals surface area contributed by atoms with Gasteiger partial charge in [0.15, 0.2) is 0 Å². The normalized spacial score (nSPS) is 18.2. The zero-order chi connectivity index (χ0) is 26.9. The van der Waals surface area contributed by atoms with Crippen LogP contribution in [0, 0.1) is 18.7 Å². The number of aryl methyl sites for hydroxylation is 2. The Morgan fingerprint density at radius 3 is 2.62 bits per heavy atom. The van der Waals surface area contributed by atoms with Gasteiger partial charge in [-0.15, -0.1) is 0 Å². The number of carbonyl (C=O) groups is 1. The summed E-state index contributed by atoms with van der Waals surface area (Å²) in [5.74, 6) is -1.91. The third kappa shape index (κ3) is 5.65. The molecule has 2 unspecified atom stereocenters. The van der Waals surface area contributed by atoms with E-state index in [-0.39, 0.29) is 24.1 Å². The van der Waals surface area contributed by atoms with Gasteiger partial charge in [-0.25, -0.2) is 14.4 Å². The van der Waals surface area contributed by atoms with Crippen LogP contribution in [0.5, 0.6) is 0 Å². The minimum absolute atomic E-state index is 0.000300. The monoisotopic (exact) mass is 517 g/mol. The van der Waals surface area contributed by atoms with E-state index in [1.54, 1.807) is 13.0 Å². The fourth-order valence-corrected chi connectivity index (χ4v) is 4.80. The summed E-state index contributed by atoms with van der Waals surface area (Å²) in [6.07, 6.45) is -3.82. The molecule has 4 rings (SSSR count). The maximum Gasteiger partial charge on any atom is 0.417 e. The van der Waals surface area contributed by atoms with Crippen LogP contribution in [0.2, 0.25) is 0 Å². The molecule has 3 aromatic rings. The molecule has 1 fully saturated rings. The second kappa shape index (κ2) is 10.3. The largest absolute Gasteiger partial charge is 0.417 e. The fourth-order valence-electron chi connectivity index (χ4n) is 4.80. The first-order chi connectivity index (χ1) is 17.5. The molecule has 3 heterocycles. The summed E-state index contributed by atoms with van der Waals surface area (Å²) in [6.45, 7) is 3.95. The average Bonchev–Trinajstić information content (AvgIpc) is 2.83. The minimum Gasteiger partial charge on any atom is -0.369 e. The summed E-state index contributed by atoms with van der Waals surface area (Å²) in [4.78, 5) is 36.8. The lowest BCUT2D eigenvalue weighted by Gasteiger charge is -2.40. The minimum atomic E-state index is -4.88. The van der Waals surface area contributed by atoms with Crippen LogP contribution in [0.15, 0.2) is 41.2 Å². The zero-order valence-electron chi connectivity index (χ0n) is 20.4. The molecule has 1 aromatic carbocycles. The van der Waals surface area contributed by atoms with Gasteiger partial charge in [0.05, 0.1) is 11.1 Å². The standard InChI is InChI=1S/C26H27F4N5O2/c1-3-17-13-21(36)34-25(33-17)22-19(26(28,29)30)8-7-15(23(22)27)11-18-12-16(24(31)37)9-10-35(18)20-6-4-5-14(2)32-20/h4-8,13,16,18H,3,9-12H2,1-2H3,(H2,31,37)(H,33,34,36). The number of alkyl halides is 3. The number of nitrogens with two attached hydrogens (primary N) is 1. The number of pyridine rings is 1. The molecule has 0 aliphatic carbocycles. The number of aromatic amines is 1. The number of aromatic nitrogens is 3. The molecule has 0 radical (unpaired) electrons. The second-order valence-electron chi connectivity index (χ2n) is 9.21. The molecule has 0 saturated carbocycles.